The minimum Gasteiger partial charge on any atom is -0.353 e. The summed E-state index contributed by atoms with van der Waals surface area (Å²) in [4.78, 5) is 9.72. The first kappa shape index (κ1) is 12.1. The van der Waals surface area contributed by atoms with Crippen LogP contribution in [0.25, 0.3) is 0 Å². The molecule has 2 N–H and O–H groups in total. The first-order chi connectivity index (χ1) is 8.29. The second-order valence-electron chi connectivity index (χ2n) is 4.07. The second-order valence-corrected chi connectivity index (χ2v) is 5.01. The molecule has 0 aromatic carbocycles. The van der Waals surface area contributed by atoms with Crippen LogP contribution in [0.1, 0.15) is 23.4 Å². The maximum absolute atomic E-state index is 4.23. The Kier molecular flexibility index (Phi) is 4.14. The number of aryl methyl sites for hydroxylation is 1. The van der Waals surface area contributed by atoms with Gasteiger partial charge in [-0.15, -0.1) is 11.3 Å². The van der Waals surface area contributed by atoms with E-state index in [9.17, 15) is 0 Å². The van der Waals surface area contributed by atoms with Crippen molar-refractivity contribution in [1.29, 1.82) is 0 Å². The molecular weight excluding hydrogens is 232 g/mol. The van der Waals surface area contributed by atoms with Crippen molar-refractivity contribution in [2.24, 2.45) is 4.99 Å². The largest absolute Gasteiger partial charge is 0.353 e. The molecule has 0 saturated carbocycles. The van der Waals surface area contributed by atoms with Crippen LogP contribution in [0.2, 0.25) is 0 Å². The van der Waals surface area contributed by atoms with Crippen molar-refractivity contribution in [3.8, 4) is 0 Å². The summed E-state index contributed by atoms with van der Waals surface area (Å²) in [6.45, 7) is 2.82. The monoisotopic (exact) mass is 250 g/mol. The highest BCUT2D eigenvalue weighted by atomic mass is 32.1. The van der Waals surface area contributed by atoms with E-state index in [2.05, 4.69) is 32.8 Å². The predicted molar refractivity (Wildman–Crippen MR) is 72.3 cm³/mol. The molecule has 0 unspecified atom stereocenters. The van der Waals surface area contributed by atoms with Crippen LogP contribution in [-0.4, -0.2) is 24.0 Å². The highest BCUT2D eigenvalue weighted by Crippen LogP contribution is 2.11. The highest BCUT2D eigenvalue weighted by molar-refractivity contribution is 7.09. The normalized spacial score (nSPS) is 16.5. The lowest BCUT2D eigenvalue weighted by Crippen LogP contribution is -2.42. The second kappa shape index (κ2) is 5.82. The fourth-order valence-electron chi connectivity index (χ4n) is 1.78. The van der Waals surface area contributed by atoms with Gasteiger partial charge in [-0.1, -0.05) is 12.2 Å². The van der Waals surface area contributed by atoms with Crippen molar-refractivity contribution in [2.45, 2.75) is 32.4 Å². The molecule has 0 amide bonds. The van der Waals surface area contributed by atoms with Crippen molar-refractivity contribution >= 4 is 17.3 Å². The Morgan fingerprint density at radius 1 is 1.53 bits per heavy atom. The fraction of sp³-hybridized carbons (Fsp3) is 0.500. The summed E-state index contributed by atoms with van der Waals surface area (Å²) in [5.74, 6) is 0.867. The molecule has 1 aliphatic rings. The molecule has 0 atom stereocenters. The van der Waals surface area contributed by atoms with Gasteiger partial charge in [0.25, 0.3) is 0 Å². The van der Waals surface area contributed by atoms with E-state index in [1.54, 1.807) is 18.4 Å². The van der Waals surface area contributed by atoms with Crippen LogP contribution in [-0.2, 0) is 6.54 Å². The molecule has 0 fully saturated rings. The molecule has 4 nitrogen and oxygen atoms in total. The first-order valence-electron chi connectivity index (χ1n) is 5.80. The van der Waals surface area contributed by atoms with Gasteiger partial charge < -0.3 is 10.6 Å². The van der Waals surface area contributed by atoms with Gasteiger partial charge in [0.1, 0.15) is 0 Å². The maximum atomic E-state index is 4.23. The van der Waals surface area contributed by atoms with Gasteiger partial charge in [0.2, 0.25) is 0 Å². The molecule has 1 heterocycles. The van der Waals surface area contributed by atoms with E-state index in [0.29, 0.717) is 6.04 Å². The van der Waals surface area contributed by atoms with Gasteiger partial charge in [0, 0.05) is 18.0 Å². The summed E-state index contributed by atoms with van der Waals surface area (Å²) in [6.07, 6.45) is 6.58. The third-order valence-corrected chi connectivity index (χ3v) is 3.77. The molecule has 17 heavy (non-hydrogen) atoms. The van der Waals surface area contributed by atoms with E-state index >= 15 is 0 Å². The van der Waals surface area contributed by atoms with E-state index in [-0.39, 0.29) is 0 Å². The molecule has 1 aromatic heterocycles. The summed E-state index contributed by atoms with van der Waals surface area (Å²) in [5, 5.41) is 6.73. The number of hydrogen-bond donors (Lipinski definition) is 2. The van der Waals surface area contributed by atoms with Crippen LogP contribution in [0.15, 0.2) is 22.7 Å². The Morgan fingerprint density at radius 3 is 2.88 bits per heavy atom. The van der Waals surface area contributed by atoms with E-state index in [1.807, 2.05) is 12.4 Å². The van der Waals surface area contributed by atoms with Crippen LogP contribution in [0.5, 0.6) is 0 Å². The molecule has 92 valence electrons. The van der Waals surface area contributed by atoms with Gasteiger partial charge in [-0.25, -0.2) is 4.98 Å². The third-order valence-electron chi connectivity index (χ3n) is 2.83. The molecule has 0 aliphatic heterocycles. The Hall–Kier alpha value is -1.36. The lowest BCUT2D eigenvalue weighted by Gasteiger charge is -2.16. The van der Waals surface area contributed by atoms with E-state index < -0.39 is 0 Å². The first-order valence-corrected chi connectivity index (χ1v) is 6.68. The zero-order valence-corrected chi connectivity index (χ0v) is 11.0. The number of rotatable bonds is 3. The maximum Gasteiger partial charge on any atom is 0.191 e. The highest BCUT2D eigenvalue weighted by Gasteiger charge is 2.11. The number of nitrogens with zero attached hydrogens (tertiary/aromatic N) is 2. The zero-order valence-electron chi connectivity index (χ0n) is 10.2. The van der Waals surface area contributed by atoms with Gasteiger partial charge >= 0.3 is 0 Å². The van der Waals surface area contributed by atoms with Crippen LogP contribution in [0, 0.1) is 6.92 Å². The van der Waals surface area contributed by atoms with Crippen LogP contribution < -0.4 is 10.6 Å². The zero-order chi connectivity index (χ0) is 12.1. The van der Waals surface area contributed by atoms with Gasteiger partial charge in [0.15, 0.2) is 5.96 Å². The molecule has 0 radical (unpaired) electrons. The Balaban J connectivity index is 1.82. The third kappa shape index (κ3) is 3.30. The SMILES string of the molecule is CN=C(NCc1scnc1C)NC1CC=CC1. The van der Waals surface area contributed by atoms with Gasteiger partial charge in [-0.2, -0.15) is 0 Å². The summed E-state index contributed by atoms with van der Waals surface area (Å²) in [6, 6.07) is 0.490. The molecule has 0 saturated heterocycles. The average molecular weight is 250 g/mol. The van der Waals surface area contributed by atoms with Gasteiger partial charge in [-0.3, -0.25) is 4.99 Å². The lowest BCUT2D eigenvalue weighted by atomic mass is 10.2. The van der Waals surface area contributed by atoms with Crippen LogP contribution >= 0.6 is 11.3 Å². The van der Waals surface area contributed by atoms with Gasteiger partial charge in [0.05, 0.1) is 17.7 Å². The smallest absolute Gasteiger partial charge is 0.191 e. The minimum atomic E-state index is 0.490. The number of hydrogen-bond acceptors (Lipinski definition) is 3. The van der Waals surface area contributed by atoms with Crippen molar-refractivity contribution < 1.29 is 0 Å². The van der Waals surface area contributed by atoms with E-state index in [0.717, 1.165) is 31.0 Å². The van der Waals surface area contributed by atoms with Crippen molar-refractivity contribution in [2.75, 3.05) is 7.05 Å². The average Bonchev–Trinajstić information content (AvgIpc) is 2.96. The number of guanidine groups is 1. The topological polar surface area (TPSA) is 49.3 Å². The molecule has 0 bridgehead atoms. The molecule has 0 spiro atoms. The fourth-order valence-corrected chi connectivity index (χ4v) is 2.50. The standard InChI is InChI=1S/C12H18N4S/c1-9-11(17-8-15-9)7-14-12(13-2)16-10-5-3-4-6-10/h3-4,8,10H,5-7H2,1-2H3,(H2,13,14,16). The van der Waals surface area contributed by atoms with E-state index in [1.165, 1.54) is 4.88 Å². The van der Waals surface area contributed by atoms with Crippen molar-refractivity contribution in [1.82, 2.24) is 15.6 Å². The van der Waals surface area contributed by atoms with E-state index in [4.69, 9.17) is 0 Å². The summed E-state index contributed by atoms with van der Waals surface area (Å²) < 4.78 is 0. The molecular formula is C12H18N4S. The Morgan fingerprint density at radius 2 is 2.29 bits per heavy atom. The predicted octanol–water partition coefficient (Wildman–Crippen LogP) is 1.84. The lowest BCUT2D eigenvalue weighted by molar-refractivity contribution is 0.633. The number of nitrogens with one attached hydrogen (secondary N) is 2. The minimum absolute atomic E-state index is 0.490. The Bertz CT molecular complexity index is 414. The number of aromatic nitrogens is 1. The molecule has 2 rings (SSSR count). The van der Waals surface area contributed by atoms with Crippen molar-refractivity contribution in [3.05, 3.63) is 28.2 Å². The van der Waals surface area contributed by atoms with Crippen LogP contribution in [0.3, 0.4) is 0 Å². The number of aliphatic imine (C=N–C) groups is 1. The quantitative estimate of drug-likeness (QED) is 0.489. The summed E-state index contributed by atoms with van der Waals surface area (Å²) in [7, 11) is 1.80. The number of thiazole rings is 1. The van der Waals surface area contributed by atoms with Gasteiger partial charge in [-0.05, 0) is 19.8 Å². The van der Waals surface area contributed by atoms with Crippen molar-refractivity contribution in [3.63, 3.8) is 0 Å². The molecule has 1 aliphatic carbocycles. The molecule has 1 aromatic rings. The Labute approximate surface area is 106 Å². The van der Waals surface area contributed by atoms with Crippen LogP contribution in [0.4, 0.5) is 0 Å². The molecule has 5 heteroatoms. The summed E-state index contributed by atoms with van der Waals surface area (Å²) >= 11 is 1.68. The summed E-state index contributed by atoms with van der Waals surface area (Å²) in [5.41, 5.74) is 2.98.